The quantitative estimate of drug-likeness (QED) is 0.574. The van der Waals surface area contributed by atoms with E-state index < -0.39 is 0 Å². The molecule has 1 nitrogen and oxygen atoms in total. The molecule has 0 bridgehead atoms. The van der Waals surface area contributed by atoms with Crippen LogP contribution in [0.1, 0.15) is 67.2 Å². The smallest absolute Gasteiger partial charge is 0.146 e. The molecule has 2 atom stereocenters. The van der Waals surface area contributed by atoms with Crippen LogP contribution in [-0.4, -0.2) is 11.0 Å². The molecule has 0 amide bonds. The van der Waals surface area contributed by atoms with Crippen molar-refractivity contribution in [3.8, 4) is 0 Å². The Kier molecular flexibility index (Phi) is 5.49. The van der Waals surface area contributed by atoms with Crippen LogP contribution in [0.15, 0.2) is 47.4 Å². The van der Waals surface area contributed by atoms with Gasteiger partial charge in [-0.3, -0.25) is 4.79 Å². The van der Waals surface area contributed by atoms with Gasteiger partial charge >= 0.3 is 0 Å². The van der Waals surface area contributed by atoms with Crippen LogP contribution in [0.4, 0.5) is 0 Å². The average molecular weight is 365 g/mol. The van der Waals surface area contributed by atoms with Crippen molar-refractivity contribution in [1.29, 1.82) is 0 Å². The third-order valence-electron chi connectivity index (χ3n) is 5.96. The molecular formula is C24H28OS. The van der Waals surface area contributed by atoms with Gasteiger partial charge in [0.15, 0.2) is 0 Å². The van der Waals surface area contributed by atoms with Crippen molar-refractivity contribution in [3.63, 3.8) is 0 Å². The summed E-state index contributed by atoms with van der Waals surface area (Å²) in [6.07, 6.45) is 8.93. The molecule has 0 N–H and O–H groups in total. The van der Waals surface area contributed by atoms with E-state index in [-0.39, 0.29) is 5.25 Å². The van der Waals surface area contributed by atoms with Gasteiger partial charge in [-0.15, -0.1) is 11.8 Å². The third kappa shape index (κ3) is 3.76. The Bertz CT molecular complexity index is 777. The second kappa shape index (κ2) is 8.00. The molecule has 0 radical (unpaired) electrons. The number of ketones is 1. The van der Waals surface area contributed by atoms with Crippen molar-refractivity contribution < 1.29 is 4.79 Å². The van der Waals surface area contributed by atoms with Crippen LogP contribution in [0, 0.1) is 0 Å². The zero-order chi connectivity index (χ0) is 17.9. The Hall–Kier alpha value is -1.54. The number of unbranched alkanes of at least 4 members (excludes halogenated alkanes) is 1. The van der Waals surface area contributed by atoms with Crippen LogP contribution in [0.2, 0.25) is 0 Å². The number of hydrogen-bond acceptors (Lipinski definition) is 2. The molecule has 2 aliphatic rings. The van der Waals surface area contributed by atoms with Crippen LogP contribution in [0.25, 0.3) is 0 Å². The summed E-state index contributed by atoms with van der Waals surface area (Å²) in [7, 11) is 0. The molecule has 1 aliphatic heterocycles. The number of benzene rings is 2. The van der Waals surface area contributed by atoms with Crippen LogP contribution in [0.5, 0.6) is 0 Å². The monoisotopic (exact) mass is 364 g/mol. The first-order chi connectivity index (χ1) is 12.7. The predicted octanol–water partition coefficient (Wildman–Crippen LogP) is 6.13. The molecule has 0 saturated heterocycles. The normalized spacial score (nSPS) is 21.5. The van der Waals surface area contributed by atoms with Gasteiger partial charge < -0.3 is 0 Å². The molecular weight excluding hydrogens is 336 g/mol. The first-order valence-electron chi connectivity index (χ1n) is 10.1. The van der Waals surface area contributed by atoms with E-state index >= 15 is 0 Å². The maximum atomic E-state index is 12.2. The highest BCUT2D eigenvalue weighted by Gasteiger charge is 2.39. The van der Waals surface area contributed by atoms with Gasteiger partial charge in [-0.05, 0) is 73.3 Å². The molecule has 1 saturated carbocycles. The second-order valence-corrected chi connectivity index (χ2v) is 8.94. The standard InChI is InChI=1S/C24H28OS/c1-2-17-10-12-18(13-11-17)6-3-4-7-19-14-15-20-21-8-5-9-22(25)24(21)26-23(20)16-19/h10-16,21,24H,2-9H2,1H3/t21-,24?/m1/s1. The number of carbonyl (C=O) groups excluding carboxylic acids is 1. The lowest BCUT2D eigenvalue weighted by molar-refractivity contribution is -0.120. The number of rotatable bonds is 6. The summed E-state index contributed by atoms with van der Waals surface area (Å²) >= 11 is 1.83. The van der Waals surface area contributed by atoms with Crippen LogP contribution < -0.4 is 0 Å². The number of thioether (sulfide) groups is 1. The first kappa shape index (κ1) is 17.9. The minimum atomic E-state index is 0.208. The summed E-state index contributed by atoms with van der Waals surface area (Å²) < 4.78 is 0. The van der Waals surface area contributed by atoms with E-state index in [1.807, 2.05) is 11.8 Å². The third-order valence-corrected chi connectivity index (χ3v) is 7.42. The fourth-order valence-electron chi connectivity index (χ4n) is 4.36. The second-order valence-electron chi connectivity index (χ2n) is 7.75. The summed E-state index contributed by atoms with van der Waals surface area (Å²) in [4.78, 5) is 13.6. The minimum Gasteiger partial charge on any atom is -0.298 e. The summed E-state index contributed by atoms with van der Waals surface area (Å²) in [5.74, 6) is 0.953. The fraction of sp³-hybridized carbons (Fsp3) is 0.458. The van der Waals surface area contributed by atoms with Crippen molar-refractivity contribution in [2.24, 2.45) is 0 Å². The topological polar surface area (TPSA) is 17.1 Å². The van der Waals surface area contributed by atoms with Gasteiger partial charge in [0.05, 0.1) is 5.25 Å². The van der Waals surface area contributed by atoms with Crippen LogP contribution in [-0.2, 0) is 24.1 Å². The molecule has 2 aromatic carbocycles. The van der Waals surface area contributed by atoms with E-state index in [9.17, 15) is 4.79 Å². The first-order valence-corrected chi connectivity index (χ1v) is 11.0. The van der Waals surface area contributed by atoms with Gasteiger partial charge in [-0.1, -0.05) is 43.3 Å². The van der Waals surface area contributed by atoms with Crippen molar-refractivity contribution in [3.05, 3.63) is 64.7 Å². The van der Waals surface area contributed by atoms with Gasteiger partial charge in [0.25, 0.3) is 0 Å². The predicted molar refractivity (Wildman–Crippen MR) is 110 cm³/mol. The lowest BCUT2D eigenvalue weighted by Gasteiger charge is -2.23. The number of Topliss-reactive ketones (excluding diaryl/α,β-unsaturated/α-hetero) is 1. The Morgan fingerprint density at radius 2 is 1.65 bits per heavy atom. The molecule has 136 valence electrons. The van der Waals surface area contributed by atoms with Crippen molar-refractivity contribution in [1.82, 2.24) is 0 Å². The van der Waals surface area contributed by atoms with Gasteiger partial charge in [0.2, 0.25) is 0 Å². The highest BCUT2D eigenvalue weighted by Crippen LogP contribution is 2.50. The maximum absolute atomic E-state index is 12.2. The van der Waals surface area contributed by atoms with E-state index in [2.05, 4.69) is 49.4 Å². The number of carbonyl (C=O) groups is 1. The summed E-state index contributed by atoms with van der Waals surface area (Å²) in [6.45, 7) is 2.20. The molecule has 4 rings (SSSR count). The lowest BCUT2D eigenvalue weighted by atomic mass is 9.83. The zero-order valence-corrected chi connectivity index (χ0v) is 16.5. The average Bonchev–Trinajstić information content (AvgIpc) is 3.05. The zero-order valence-electron chi connectivity index (χ0n) is 15.7. The molecule has 1 heterocycles. The summed E-state index contributed by atoms with van der Waals surface area (Å²) in [5, 5.41) is 0.208. The molecule has 2 aromatic rings. The highest BCUT2D eigenvalue weighted by molar-refractivity contribution is 8.01. The van der Waals surface area contributed by atoms with Gasteiger partial charge in [-0.2, -0.15) is 0 Å². The summed E-state index contributed by atoms with van der Waals surface area (Å²) in [6, 6.07) is 16.1. The van der Waals surface area contributed by atoms with E-state index in [4.69, 9.17) is 0 Å². The SMILES string of the molecule is CCc1ccc(CCCCc2ccc3c(c2)SC2C(=O)CCC[C@H]32)cc1. The van der Waals surface area contributed by atoms with Gasteiger partial charge in [0.1, 0.15) is 5.78 Å². The van der Waals surface area contributed by atoms with E-state index in [0.29, 0.717) is 11.7 Å². The minimum absolute atomic E-state index is 0.208. The molecule has 1 fully saturated rings. The van der Waals surface area contributed by atoms with Gasteiger partial charge in [0, 0.05) is 17.2 Å². The van der Waals surface area contributed by atoms with Crippen molar-refractivity contribution >= 4 is 17.5 Å². The largest absolute Gasteiger partial charge is 0.298 e. The van der Waals surface area contributed by atoms with Crippen LogP contribution >= 0.6 is 11.8 Å². The lowest BCUT2D eigenvalue weighted by Crippen LogP contribution is -2.25. The fourth-order valence-corrected chi connectivity index (χ4v) is 5.90. The Morgan fingerprint density at radius 3 is 2.42 bits per heavy atom. The van der Waals surface area contributed by atoms with E-state index in [1.54, 1.807) is 0 Å². The summed E-state index contributed by atoms with van der Waals surface area (Å²) in [5.41, 5.74) is 5.74. The number of fused-ring (bicyclic) bond motifs is 3. The van der Waals surface area contributed by atoms with E-state index in [0.717, 1.165) is 25.7 Å². The Labute approximate surface area is 161 Å². The van der Waals surface area contributed by atoms with Gasteiger partial charge in [-0.25, -0.2) is 0 Å². The van der Waals surface area contributed by atoms with Crippen LogP contribution in [0.3, 0.4) is 0 Å². The molecule has 2 heteroatoms. The Balaban J connectivity index is 1.31. The number of hydrogen-bond donors (Lipinski definition) is 0. The molecule has 1 aliphatic carbocycles. The van der Waals surface area contributed by atoms with E-state index in [1.165, 1.54) is 52.8 Å². The highest BCUT2D eigenvalue weighted by atomic mass is 32.2. The Morgan fingerprint density at radius 1 is 0.962 bits per heavy atom. The number of aryl methyl sites for hydroxylation is 3. The molecule has 0 spiro atoms. The molecule has 1 unspecified atom stereocenters. The van der Waals surface area contributed by atoms with Crippen molar-refractivity contribution in [2.45, 2.75) is 74.4 Å². The maximum Gasteiger partial charge on any atom is 0.146 e. The molecule has 26 heavy (non-hydrogen) atoms. The van der Waals surface area contributed by atoms with Crippen molar-refractivity contribution in [2.75, 3.05) is 0 Å². The molecule has 0 aromatic heterocycles.